The molecule has 0 radical (unpaired) electrons. The number of amides is 1. The van der Waals surface area contributed by atoms with E-state index in [-0.39, 0.29) is 22.1 Å². The number of hydrogen-bond acceptors (Lipinski definition) is 3. The molecule has 0 aromatic heterocycles. The molecule has 4 nitrogen and oxygen atoms in total. The SMILES string of the molecule is CC(C)(C)C(OC(=O)N1C2CCC1(C/C=C/c1ccccc1)CC2)O[Si](C)(C)C(C)(C)C. The Morgan fingerprint density at radius 1 is 1.12 bits per heavy atom. The Balaban J connectivity index is 1.75. The molecule has 2 bridgehead atoms. The van der Waals surface area contributed by atoms with Crippen molar-refractivity contribution < 1.29 is 14.0 Å². The topological polar surface area (TPSA) is 38.8 Å². The maximum absolute atomic E-state index is 13.6. The van der Waals surface area contributed by atoms with Crippen molar-refractivity contribution in [3.8, 4) is 0 Å². The molecular formula is C27H43NO3Si. The molecule has 178 valence electrons. The third kappa shape index (κ3) is 5.31. The van der Waals surface area contributed by atoms with E-state index in [2.05, 4.69) is 96.0 Å². The van der Waals surface area contributed by atoms with E-state index in [0.717, 1.165) is 32.1 Å². The first-order valence-electron chi connectivity index (χ1n) is 12.1. The highest BCUT2D eigenvalue weighted by Gasteiger charge is 2.54. The molecule has 1 unspecified atom stereocenters. The second-order valence-electron chi connectivity index (χ2n) is 12.3. The number of carbonyl (C=O) groups is 1. The molecule has 1 amide bonds. The lowest BCUT2D eigenvalue weighted by atomic mass is 9.85. The van der Waals surface area contributed by atoms with Gasteiger partial charge in [-0.25, -0.2) is 4.79 Å². The van der Waals surface area contributed by atoms with Crippen molar-refractivity contribution in [1.82, 2.24) is 4.90 Å². The van der Waals surface area contributed by atoms with E-state index in [1.807, 2.05) is 6.07 Å². The van der Waals surface area contributed by atoms with Crippen molar-refractivity contribution in [3.05, 3.63) is 42.0 Å². The minimum atomic E-state index is -2.09. The second kappa shape index (κ2) is 8.98. The van der Waals surface area contributed by atoms with Gasteiger partial charge >= 0.3 is 6.09 Å². The number of rotatable bonds is 6. The molecule has 3 rings (SSSR count). The van der Waals surface area contributed by atoms with Crippen LogP contribution in [0.1, 0.15) is 79.2 Å². The van der Waals surface area contributed by atoms with Crippen LogP contribution in [0.15, 0.2) is 36.4 Å². The molecule has 2 aliphatic rings. The van der Waals surface area contributed by atoms with Crippen LogP contribution in [0.5, 0.6) is 0 Å². The lowest BCUT2D eigenvalue weighted by molar-refractivity contribution is -0.119. The maximum Gasteiger partial charge on any atom is 0.412 e. The zero-order valence-electron chi connectivity index (χ0n) is 21.4. The summed E-state index contributed by atoms with van der Waals surface area (Å²) in [6.45, 7) is 17.4. The standard InChI is InChI=1S/C27H43NO3Si/c1-25(2,3)23(31-32(7,8)26(4,5)6)30-24(29)28-22-16-19-27(28,20-17-22)18-12-15-21-13-10-9-11-14-21/h9-15,22-23H,16-20H2,1-8H3/b15-12+. The summed E-state index contributed by atoms with van der Waals surface area (Å²) in [4.78, 5) is 15.6. The molecule has 2 saturated heterocycles. The van der Waals surface area contributed by atoms with Crippen molar-refractivity contribution in [1.29, 1.82) is 0 Å². The van der Waals surface area contributed by atoms with Crippen LogP contribution < -0.4 is 0 Å². The fourth-order valence-corrected chi connectivity index (χ4v) is 5.91. The monoisotopic (exact) mass is 457 g/mol. The van der Waals surface area contributed by atoms with Gasteiger partial charge in [-0.2, -0.15) is 0 Å². The maximum atomic E-state index is 13.6. The fourth-order valence-electron chi connectivity index (χ4n) is 4.62. The second-order valence-corrected chi connectivity index (χ2v) is 17.1. The van der Waals surface area contributed by atoms with Crippen molar-refractivity contribution in [2.24, 2.45) is 5.41 Å². The highest BCUT2D eigenvalue weighted by Crippen LogP contribution is 2.49. The summed E-state index contributed by atoms with van der Waals surface area (Å²) < 4.78 is 12.8. The van der Waals surface area contributed by atoms with E-state index < -0.39 is 14.6 Å². The molecule has 1 aromatic rings. The van der Waals surface area contributed by atoms with E-state index in [1.54, 1.807) is 0 Å². The Kier molecular flexibility index (Phi) is 7.03. The smallest absolute Gasteiger partial charge is 0.412 e. The molecule has 32 heavy (non-hydrogen) atoms. The number of hydrogen-bond donors (Lipinski definition) is 0. The first kappa shape index (κ1) is 25.0. The average molecular weight is 458 g/mol. The molecule has 2 aliphatic heterocycles. The molecule has 2 heterocycles. The molecule has 0 N–H and O–H groups in total. The fraction of sp³-hybridized carbons (Fsp3) is 0.667. The molecule has 0 saturated carbocycles. The van der Waals surface area contributed by atoms with Crippen molar-refractivity contribution in [2.75, 3.05) is 0 Å². The van der Waals surface area contributed by atoms with Crippen LogP contribution in [-0.2, 0) is 9.16 Å². The molecule has 0 spiro atoms. The van der Waals surface area contributed by atoms with Crippen molar-refractivity contribution >= 4 is 20.5 Å². The van der Waals surface area contributed by atoms with Crippen LogP contribution in [-0.4, -0.2) is 37.2 Å². The Labute approximate surface area is 196 Å². The Hall–Kier alpha value is -1.59. The Bertz CT molecular complexity index is 812. The van der Waals surface area contributed by atoms with E-state index >= 15 is 0 Å². The van der Waals surface area contributed by atoms with Gasteiger partial charge in [0.1, 0.15) is 0 Å². The molecule has 1 atom stereocenters. The van der Waals surface area contributed by atoms with Gasteiger partial charge in [0.2, 0.25) is 6.29 Å². The Morgan fingerprint density at radius 2 is 1.72 bits per heavy atom. The van der Waals surface area contributed by atoms with Crippen LogP contribution in [0, 0.1) is 5.41 Å². The van der Waals surface area contributed by atoms with Crippen LogP contribution in [0.2, 0.25) is 18.1 Å². The lowest BCUT2D eigenvalue weighted by Crippen LogP contribution is -2.52. The number of nitrogens with zero attached hydrogens (tertiary/aromatic N) is 1. The van der Waals surface area contributed by atoms with Crippen LogP contribution in [0.25, 0.3) is 6.08 Å². The number of benzene rings is 1. The quantitative estimate of drug-likeness (QED) is 0.326. The minimum Gasteiger partial charge on any atom is -0.420 e. The Morgan fingerprint density at radius 3 is 2.25 bits per heavy atom. The lowest BCUT2D eigenvalue weighted by Gasteiger charge is -2.43. The zero-order chi connectivity index (χ0) is 23.8. The van der Waals surface area contributed by atoms with Gasteiger partial charge in [0.25, 0.3) is 0 Å². The van der Waals surface area contributed by atoms with Gasteiger partial charge in [0.05, 0.1) is 5.54 Å². The minimum absolute atomic E-state index is 0.0546. The van der Waals surface area contributed by atoms with Crippen molar-refractivity contribution in [3.63, 3.8) is 0 Å². The summed E-state index contributed by atoms with van der Waals surface area (Å²) >= 11 is 0. The van der Waals surface area contributed by atoms with E-state index in [1.165, 1.54) is 5.56 Å². The van der Waals surface area contributed by atoms with Crippen LogP contribution in [0.3, 0.4) is 0 Å². The van der Waals surface area contributed by atoms with Gasteiger partial charge in [-0.1, -0.05) is 84.0 Å². The summed E-state index contributed by atoms with van der Waals surface area (Å²) in [6, 6.07) is 10.7. The van der Waals surface area contributed by atoms with Gasteiger partial charge in [-0.15, -0.1) is 0 Å². The first-order chi connectivity index (χ1) is 14.8. The first-order valence-corrected chi connectivity index (χ1v) is 15.1. The predicted molar refractivity (Wildman–Crippen MR) is 135 cm³/mol. The summed E-state index contributed by atoms with van der Waals surface area (Å²) in [5.41, 5.74) is 0.790. The average Bonchev–Trinajstić information content (AvgIpc) is 3.22. The number of fused-ring (bicyclic) bond motifs is 2. The highest BCUT2D eigenvalue weighted by molar-refractivity contribution is 6.74. The van der Waals surface area contributed by atoms with Gasteiger partial charge in [-0.05, 0) is 55.8 Å². The van der Waals surface area contributed by atoms with Gasteiger partial charge in [0, 0.05) is 11.5 Å². The molecule has 0 aliphatic carbocycles. The van der Waals surface area contributed by atoms with Crippen LogP contribution >= 0.6 is 0 Å². The summed E-state index contributed by atoms with van der Waals surface area (Å²) in [5, 5.41) is 0.0546. The molecule has 1 aromatic carbocycles. The normalized spacial score (nSPS) is 24.9. The molecule has 5 heteroatoms. The van der Waals surface area contributed by atoms with Gasteiger partial charge in [0.15, 0.2) is 8.32 Å². The van der Waals surface area contributed by atoms with Crippen molar-refractivity contribution in [2.45, 2.75) is 110 Å². The third-order valence-electron chi connectivity index (χ3n) is 7.69. The van der Waals surface area contributed by atoms with E-state index in [9.17, 15) is 4.79 Å². The third-order valence-corrected chi connectivity index (χ3v) is 12.1. The van der Waals surface area contributed by atoms with Crippen LogP contribution in [0.4, 0.5) is 4.79 Å². The summed E-state index contributed by atoms with van der Waals surface area (Å²) in [7, 11) is -2.09. The summed E-state index contributed by atoms with van der Waals surface area (Å²) in [6.07, 6.45) is 8.76. The molecule has 2 fully saturated rings. The number of carbonyl (C=O) groups excluding carboxylic acids is 1. The predicted octanol–water partition coefficient (Wildman–Crippen LogP) is 7.62. The number of ether oxygens (including phenoxy) is 1. The largest absolute Gasteiger partial charge is 0.420 e. The summed E-state index contributed by atoms with van der Waals surface area (Å²) in [5.74, 6) is 0. The van der Waals surface area contributed by atoms with E-state index in [0.29, 0.717) is 6.04 Å². The van der Waals surface area contributed by atoms with E-state index in [4.69, 9.17) is 9.16 Å². The van der Waals surface area contributed by atoms with Gasteiger partial charge < -0.3 is 9.16 Å². The highest BCUT2D eigenvalue weighted by atomic mass is 28.4. The van der Waals surface area contributed by atoms with Gasteiger partial charge in [-0.3, -0.25) is 4.90 Å². The molecular weight excluding hydrogens is 414 g/mol. The zero-order valence-corrected chi connectivity index (χ0v) is 22.4.